The molecule has 2 amide bonds. The normalized spacial score (nSPS) is 21.6. The van der Waals surface area contributed by atoms with Crippen molar-refractivity contribution < 1.29 is 9.53 Å². The summed E-state index contributed by atoms with van der Waals surface area (Å²) in [7, 11) is 5.33. The van der Waals surface area contributed by atoms with Crippen LogP contribution in [0.5, 0.6) is 0 Å². The lowest BCUT2D eigenvalue weighted by molar-refractivity contribution is 0.0832. The summed E-state index contributed by atoms with van der Waals surface area (Å²) in [4.78, 5) is 14.7. The molecule has 13 heavy (non-hydrogen) atoms. The molecule has 0 aromatic carbocycles. The molecule has 1 atom stereocenters. The van der Waals surface area contributed by atoms with E-state index in [1.165, 1.54) is 0 Å². The van der Waals surface area contributed by atoms with Crippen molar-refractivity contribution >= 4 is 6.03 Å². The van der Waals surface area contributed by atoms with E-state index in [0.717, 1.165) is 19.4 Å². The molecule has 1 unspecified atom stereocenters. The van der Waals surface area contributed by atoms with Crippen LogP contribution in [0.1, 0.15) is 12.8 Å². The topological polar surface area (TPSA) is 32.8 Å². The van der Waals surface area contributed by atoms with E-state index in [-0.39, 0.29) is 12.1 Å². The highest BCUT2D eigenvalue weighted by Gasteiger charge is 2.20. The number of hydrogen-bond acceptors (Lipinski definition) is 2. The standard InChI is InChI=1S/C9H18N2O2/c1-10(2)9(12)11(3)7-8-5-4-6-13-8/h8H,4-7H2,1-3H3. The SMILES string of the molecule is CN(C)C(=O)N(C)CC1CCCO1. The van der Waals surface area contributed by atoms with Gasteiger partial charge in [0, 0.05) is 34.3 Å². The maximum atomic E-state index is 11.4. The van der Waals surface area contributed by atoms with Gasteiger partial charge in [-0.25, -0.2) is 4.79 Å². The van der Waals surface area contributed by atoms with Crippen molar-refractivity contribution in [2.45, 2.75) is 18.9 Å². The van der Waals surface area contributed by atoms with Crippen LogP contribution in [-0.4, -0.2) is 56.2 Å². The first-order chi connectivity index (χ1) is 6.11. The third-order valence-electron chi connectivity index (χ3n) is 2.21. The first-order valence-electron chi connectivity index (χ1n) is 4.65. The Kier molecular flexibility index (Phi) is 3.54. The van der Waals surface area contributed by atoms with Crippen LogP contribution in [0.2, 0.25) is 0 Å². The fraction of sp³-hybridized carbons (Fsp3) is 0.889. The Morgan fingerprint density at radius 1 is 1.46 bits per heavy atom. The van der Waals surface area contributed by atoms with Gasteiger partial charge in [0.15, 0.2) is 0 Å². The fourth-order valence-corrected chi connectivity index (χ4v) is 1.51. The van der Waals surface area contributed by atoms with Gasteiger partial charge in [-0.1, -0.05) is 0 Å². The minimum atomic E-state index is 0.0375. The Morgan fingerprint density at radius 3 is 2.62 bits per heavy atom. The summed E-state index contributed by atoms with van der Waals surface area (Å²) in [6, 6.07) is 0.0375. The number of urea groups is 1. The maximum absolute atomic E-state index is 11.4. The van der Waals surface area contributed by atoms with Gasteiger partial charge in [-0.2, -0.15) is 0 Å². The molecule has 4 nitrogen and oxygen atoms in total. The molecule has 0 N–H and O–H groups in total. The zero-order valence-corrected chi connectivity index (χ0v) is 8.62. The van der Waals surface area contributed by atoms with Gasteiger partial charge < -0.3 is 14.5 Å². The molecular formula is C9H18N2O2. The zero-order chi connectivity index (χ0) is 9.84. The molecule has 1 aliphatic heterocycles. The number of nitrogens with zero attached hydrogens (tertiary/aromatic N) is 2. The van der Waals surface area contributed by atoms with E-state index in [2.05, 4.69) is 0 Å². The summed E-state index contributed by atoms with van der Waals surface area (Å²) < 4.78 is 5.44. The summed E-state index contributed by atoms with van der Waals surface area (Å²) in [6.45, 7) is 1.55. The molecule has 1 aliphatic rings. The second kappa shape index (κ2) is 4.46. The predicted molar refractivity (Wildman–Crippen MR) is 50.7 cm³/mol. The third kappa shape index (κ3) is 2.88. The van der Waals surface area contributed by atoms with Crippen LogP contribution in [-0.2, 0) is 4.74 Å². The number of hydrogen-bond donors (Lipinski definition) is 0. The first kappa shape index (κ1) is 10.3. The molecule has 0 spiro atoms. The van der Waals surface area contributed by atoms with Crippen molar-refractivity contribution in [1.82, 2.24) is 9.80 Å². The Balaban J connectivity index is 2.31. The van der Waals surface area contributed by atoms with Crippen LogP contribution in [0.25, 0.3) is 0 Å². The van der Waals surface area contributed by atoms with Gasteiger partial charge in [0.05, 0.1) is 6.10 Å². The molecule has 76 valence electrons. The van der Waals surface area contributed by atoms with Gasteiger partial charge in [0.25, 0.3) is 0 Å². The molecule has 1 fully saturated rings. The Morgan fingerprint density at radius 2 is 2.15 bits per heavy atom. The van der Waals surface area contributed by atoms with Gasteiger partial charge in [-0.15, -0.1) is 0 Å². The van der Waals surface area contributed by atoms with Crippen LogP contribution in [0.4, 0.5) is 4.79 Å². The Hall–Kier alpha value is -0.770. The highest BCUT2D eigenvalue weighted by Crippen LogP contribution is 2.12. The molecule has 0 aromatic rings. The minimum Gasteiger partial charge on any atom is -0.376 e. The number of amides is 2. The number of likely N-dealkylation sites (N-methyl/N-ethyl adjacent to an activating group) is 1. The van der Waals surface area contributed by atoms with Crippen molar-refractivity contribution in [1.29, 1.82) is 0 Å². The smallest absolute Gasteiger partial charge is 0.319 e. The zero-order valence-electron chi connectivity index (χ0n) is 8.62. The van der Waals surface area contributed by atoms with E-state index in [4.69, 9.17) is 4.74 Å². The molecule has 1 heterocycles. The quantitative estimate of drug-likeness (QED) is 0.638. The van der Waals surface area contributed by atoms with Crippen molar-refractivity contribution in [3.05, 3.63) is 0 Å². The summed E-state index contributed by atoms with van der Waals surface area (Å²) in [6.07, 6.45) is 2.44. The molecule has 0 aliphatic carbocycles. The molecule has 0 saturated carbocycles. The maximum Gasteiger partial charge on any atom is 0.319 e. The van der Waals surface area contributed by atoms with Crippen LogP contribution in [0.3, 0.4) is 0 Å². The van der Waals surface area contributed by atoms with Gasteiger partial charge in [0.2, 0.25) is 0 Å². The van der Waals surface area contributed by atoms with Crippen LogP contribution in [0, 0.1) is 0 Å². The van der Waals surface area contributed by atoms with Crippen LogP contribution < -0.4 is 0 Å². The molecular weight excluding hydrogens is 168 g/mol. The highest BCUT2D eigenvalue weighted by atomic mass is 16.5. The largest absolute Gasteiger partial charge is 0.376 e. The second-order valence-corrected chi connectivity index (χ2v) is 3.69. The van der Waals surface area contributed by atoms with Crippen molar-refractivity contribution in [3.63, 3.8) is 0 Å². The second-order valence-electron chi connectivity index (χ2n) is 3.69. The number of carbonyl (C=O) groups is 1. The van der Waals surface area contributed by atoms with Crippen molar-refractivity contribution in [2.75, 3.05) is 34.3 Å². The molecule has 1 saturated heterocycles. The Labute approximate surface area is 79.4 Å². The van der Waals surface area contributed by atoms with E-state index in [1.807, 2.05) is 7.05 Å². The van der Waals surface area contributed by atoms with Gasteiger partial charge in [-0.3, -0.25) is 0 Å². The number of carbonyl (C=O) groups excluding carboxylic acids is 1. The van der Waals surface area contributed by atoms with E-state index in [0.29, 0.717) is 6.54 Å². The monoisotopic (exact) mass is 186 g/mol. The summed E-state index contributed by atoms with van der Waals surface area (Å²) in [5.41, 5.74) is 0. The number of ether oxygens (including phenoxy) is 1. The lowest BCUT2D eigenvalue weighted by atomic mass is 10.2. The molecule has 0 bridgehead atoms. The summed E-state index contributed by atoms with van der Waals surface area (Å²) >= 11 is 0. The van der Waals surface area contributed by atoms with Crippen molar-refractivity contribution in [3.8, 4) is 0 Å². The fourth-order valence-electron chi connectivity index (χ4n) is 1.51. The van der Waals surface area contributed by atoms with Gasteiger partial charge in [-0.05, 0) is 12.8 Å². The molecule has 0 radical (unpaired) electrons. The lowest BCUT2D eigenvalue weighted by Crippen LogP contribution is -2.40. The van der Waals surface area contributed by atoms with E-state index >= 15 is 0 Å². The third-order valence-corrected chi connectivity index (χ3v) is 2.21. The van der Waals surface area contributed by atoms with Crippen LogP contribution >= 0.6 is 0 Å². The van der Waals surface area contributed by atoms with E-state index in [9.17, 15) is 4.79 Å². The minimum absolute atomic E-state index is 0.0375. The predicted octanol–water partition coefficient (Wildman–Crippen LogP) is 0.779. The molecule has 4 heteroatoms. The highest BCUT2D eigenvalue weighted by molar-refractivity contribution is 5.73. The average Bonchev–Trinajstić information content (AvgIpc) is 2.55. The van der Waals surface area contributed by atoms with Crippen molar-refractivity contribution in [2.24, 2.45) is 0 Å². The number of rotatable bonds is 2. The van der Waals surface area contributed by atoms with E-state index in [1.54, 1.807) is 23.9 Å². The van der Waals surface area contributed by atoms with Gasteiger partial charge in [0.1, 0.15) is 0 Å². The summed E-state index contributed by atoms with van der Waals surface area (Å²) in [5, 5.41) is 0. The first-order valence-corrected chi connectivity index (χ1v) is 4.65. The average molecular weight is 186 g/mol. The van der Waals surface area contributed by atoms with Gasteiger partial charge >= 0.3 is 6.03 Å². The Bertz CT molecular complexity index is 176. The lowest BCUT2D eigenvalue weighted by Gasteiger charge is -2.24. The summed E-state index contributed by atoms with van der Waals surface area (Å²) in [5.74, 6) is 0. The molecule has 1 rings (SSSR count). The van der Waals surface area contributed by atoms with Crippen LogP contribution in [0.15, 0.2) is 0 Å². The van der Waals surface area contributed by atoms with E-state index < -0.39 is 0 Å². The molecule has 0 aromatic heterocycles.